The molecule has 0 saturated carbocycles. The number of pyridine rings is 1. The van der Waals surface area contributed by atoms with Crippen molar-refractivity contribution in [1.29, 1.82) is 0 Å². The molecule has 2 aromatic rings. The first-order chi connectivity index (χ1) is 9.88. The molecule has 9 heteroatoms. The van der Waals surface area contributed by atoms with E-state index >= 15 is 0 Å². The van der Waals surface area contributed by atoms with Crippen LogP contribution < -0.4 is 4.74 Å². The molecule has 1 N–H and O–H groups in total. The molecule has 21 heavy (non-hydrogen) atoms. The molecule has 0 aliphatic heterocycles. The highest BCUT2D eigenvalue weighted by molar-refractivity contribution is 6.33. The van der Waals surface area contributed by atoms with Gasteiger partial charge in [0, 0.05) is 18.2 Å². The number of nitrogens with zero attached hydrogens (tertiary/aromatic N) is 2. The standard InChI is InChI=1S/C12H6ClFN2O5/c13-8-5-15-11(4-7(8)12(17)18)21-6-1-2-10(16(19)20)9(14)3-6/h1-5H,(H,17,18). The van der Waals surface area contributed by atoms with Crippen LogP contribution in [0.25, 0.3) is 0 Å². The number of hydrogen-bond donors (Lipinski definition) is 1. The summed E-state index contributed by atoms with van der Waals surface area (Å²) in [4.78, 5) is 24.2. The van der Waals surface area contributed by atoms with Gasteiger partial charge in [0.05, 0.1) is 21.7 Å². The van der Waals surface area contributed by atoms with E-state index in [4.69, 9.17) is 21.4 Å². The number of aromatic nitrogens is 1. The fourth-order valence-electron chi connectivity index (χ4n) is 1.46. The van der Waals surface area contributed by atoms with E-state index in [0.717, 1.165) is 30.5 Å². The summed E-state index contributed by atoms with van der Waals surface area (Å²) in [6.45, 7) is 0. The van der Waals surface area contributed by atoms with Crippen LogP contribution in [-0.2, 0) is 0 Å². The predicted octanol–water partition coefficient (Wildman–Crippen LogP) is 3.27. The molecule has 0 aliphatic rings. The number of rotatable bonds is 4. The van der Waals surface area contributed by atoms with E-state index in [2.05, 4.69) is 4.98 Å². The number of hydrogen-bond acceptors (Lipinski definition) is 5. The fourth-order valence-corrected chi connectivity index (χ4v) is 1.64. The van der Waals surface area contributed by atoms with Crippen LogP contribution >= 0.6 is 11.6 Å². The van der Waals surface area contributed by atoms with E-state index in [1.54, 1.807) is 0 Å². The number of ether oxygens (including phenoxy) is 1. The number of halogens is 2. The summed E-state index contributed by atoms with van der Waals surface area (Å²) in [6, 6.07) is 3.95. The van der Waals surface area contributed by atoms with Crippen LogP contribution in [0, 0.1) is 15.9 Å². The lowest BCUT2D eigenvalue weighted by Gasteiger charge is -2.06. The third-order valence-corrected chi connectivity index (χ3v) is 2.70. The van der Waals surface area contributed by atoms with Crippen LogP contribution in [0.2, 0.25) is 5.02 Å². The first kappa shape index (κ1) is 14.7. The zero-order valence-electron chi connectivity index (χ0n) is 10.1. The largest absolute Gasteiger partial charge is 0.478 e. The van der Waals surface area contributed by atoms with Crippen molar-refractivity contribution in [3.63, 3.8) is 0 Å². The van der Waals surface area contributed by atoms with Gasteiger partial charge in [-0.25, -0.2) is 9.78 Å². The minimum Gasteiger partial charge on any atom is -0.478 e. The second-order valence-corrected chi connectivity index (χ2v) is 4.19. The number of nitro groups is 1. The molecule has 0 fully saturated rings. The van der Waals surface area contributed by atoms with Gasteiger partial charge in [-0.15, -0.1) is 0 Å². The summed E-state index contributed by atoms with van der Waals surface area (Å²) in [7, 11) is 0. The maximum absolute atomic E-state index is 13.4. The molecule has 1 heterocycles. The lowest BCUT2D eigenvalue weighted by Crippen LogP contribution is -2.00. The van der Waals surface area contributed by atoms with Gasteiger partial charge >= 0.3 is 11.7 Å². The molecule has 0 amide bonds. The van der Waals surface area contributed by atoms with Crippen LogP contribution in [0.5, 0.6) is 11.6 Å². The van der Waals surface area contributed by atoms with Crippen molar-refractivity contribution in [2.24, 2.45) is 0 Å². The Bertz CT molecular complexity index is 738. The molecule has 108 valence electrons. The summed E-state index contributed by atoms with van der Waals surface area (Å²) in [6.07, 6.45) is 1.07. The highest BCUT2D eigenvalue weighted by atomic mass is 35.5. The van der Waals surface area contributed by atoms with Crippen LogP contribution in [0.15, 0.2) is 30.5 Å². The van der Waals surface area contributed by atoms with Gasteiger partial charge in [0.25, 0.3) is 0 Å². The van der Waals surface area contributed by atoms with Crippen molar-refractivity contribution in [1.82, 2.24) is 4.98 Å². The molecule has 0 saturated heterocycles. The number of carbonyl (C=O) groups is 1. The number of benzene rings is 1. The lowest BCUT2D eigenvalue weighted by molar-refractivity contribution is -0.387. The van der Waals surface area contributed by atoms with Crippen molar-refractivity contribution >= 4 is 23.3 Å². The Labute approximate surface area is 121 Å². The predicted molar refractivity (Wildman–Crippen MR) is 69.3 cm³/mol. The average Bonchev–Trinajstić information content (AvgIpc) is 2.40. The maximum atomic E-state index is 13.4. The van der Waals surface area contributed by atoms with E-state index in [1.165, 1.54) is 0 Å². The second kappa shape index (κ2) is 5.71. The first-order valence-corrected chi connectivity index (χ1v) is 5.77. The average molecular weight is 313 g/mol. The second-order valence-electron chi connectivity index (χ2n) is 3.78. The molecule has 7 nitrogen and oxygen atoms in total. The normalized spacial score (nSPS) is 10.2. The number of aromatic carboxylic acids is 1. The molecule has 1 aromatic carbocycles. The Morgan fingerprint density at radius 1 is 1.43 bits per heavy atom. The van der Waals surface area contributed by atoms with Gasteiger partial charge in [0.1, 0.15) is 5.75 Å². The third kappa shape index (κ3) is 3.23. The summed E-state index contributed by atoms with van der Waals surface area (Å²) < 4.78 is 18.6. The van der Waals surface area contributed by atoms with Gasteiger partial charge in [0.15, 0.2) is 0 Å². The Hall–Kier alpha value is -2.74. The van der Waals surface area contributed by atoms with E-state index in [9.17, 15) is 19.3 Å². The summed E-state index contributed by atoms with van der Waals surface area (Å²) in [5.74, 6) is -2.55. The van der Waals surface area contributed by atoms with Gasteiger partial charge in [0.2, 0.25) is 11.7 Å². The highest BCUT2D eigenvalue weighted by Gasteiger charge is 2.16. The Kier molecular flexibility index (Phi) is 3.99. The van der Waals surface area contributed by atoms with Crippen molar-refractivity contribution in [2.45, 2.75) is 0 Å². The monoisotopic (exact) mass is 312 g/mol. The molecule has 0 aliphatic carbocycles. The highest BCUT2D eigenvalue weighted by Crippen LogP contribution is 2.27. The SMILES string of the molecule is O=C(O)c1cc(Oc2ccc([N+](=O)[O-])c(F)c2)ncc1Cl. The number of carboxylic acids is 1. The summed E-state index contributed by atoms with van der Waals surface area (Å²) >= 11 is 5.64. The zero-order chi connectivity index (χ0) is 15.6. The molecule has 0 bridgehead atoms. The first-order valence-electron chi connectivity index (χ1n) is 5.39. The maximum Gasteiger partial charge on any atom is 0.337 e. The van der Waals surface area contributed by atoms with Crippen LogP contribution in [-0.4, -0.2) is 21.0 Å². The molecular formula is C12H6ClFN2O5. The molecule has 0 atom stereocenters. The molecule has 2 rings (SSSR count). The minimum atomic E-state index is -1.28. The Morgan fingerprint density at radius 3 is 2.71 bits per heavy atom. The van der Waals surface area contributed by atoms with E-state index in [0.29, 0.717) is 0 Å². The molecule has 0 spiro atoms. The Balaban J connectivity index is 2.30. The van der Waals surface area contributed by atoms with Gasteiger partial charge in [-0.3, -0.25) is 10.1 Å². The van der Waals surface area contributed by atoms with E-state index in [-0.39, 0.29) is 22.2 Å². The van der Waals surface area contributed by atoms with Crippen molar-refractivity contribution in [3.8, 4) is 11.6 Å². The fraction of sp³-hybridized carbons (Fsp3) is 0. The van der Waals surface area contributed by atoms with E-state index in [1.807, 2.05) is 0 Å². The van der Waals surface area contributed by atoms with Crippen LogP contribution in [0.3, 0.4) is 0 Å². The summed E-state index contributed by atoms with van der Waals surface area (Å²) in [5.41, 5.74) is -0.929. The van der Waals surface area contributed by atoms with Gasteiger partial charge in [-0.1, -0.05) is 11.6 Å². The summed E-state index contributed by atoms with van der Waals surface area (Å²) in [5, 5.41) is 19.3. The molecule has 0 radical (unpaired) electrons. The number of nitro benzene ring substituents is 1. The van der Waals surface area contributed by atoms with E-state index < -0.39 is 22.4 Å². The lowest BCUT2D eigenvalue weighted by atomic mass is 10.2. The number of carboxylic acid groups (broad SMARTS) is 1. The Morgan fingerprint density at radius 2 is 2.14 bits per heavy atom. The van der Waals surface area contributed by atoms with Crippen molar-refractivity contribution < 1.29 is 24.0 Å². The smallest absolute Gasteiger partial charge is 0.337 e. The topological polar surface area (TPSA) is 103 Å². The van der Waals surface area contributed by atoms with Gasteiger partial charge in [-0.2, -0.15) is 4.39 Å². The van der Waals surface area contributed by atoms with Crippen LogP contribution in [0.1, 0.15) is 10.4 Å². The quantitative estimate of drug-likeness (QED) is 0.686. The van der Waals surface area contributed by atoms with Gasteiger partial charge in [-0.05, 0) is 6.07 Å². The van der Waals surface area contributed by atoms with Crippen molar-refractivity contribution in [2.75, 3.05) is 0 Å². The van der Waals surface area contributed by atoms with Crippen LogP contribution in [0.4, 0.5) is 10.1 Å². The zero-order valence-corrected chi connectivity index (χ0v) is 10.9. The minimum absolute atomic E-state index is 0.0655. The van der Waals surface area contributed by atoms with Gasteiger partial charge < -0.3 is 9.84 Å². The molecular weight excluding hydrogens is 307 g/mol. The molecule has 1 aromatic heterocycles. The third-order valence-electron chi connectivity index (χ3n) is 2.40. The molecule has 0 unspecified atom stereocenters. The van der Waals surface area contributed by atoms with Crippen molar-refractivity contribution in [3.05, 3.63) is 57.0 Å².